The van der Waals surface area contributed by atoms with Gasteiger partial charge in [0, 0.05) is 42.6 Å². The second-order valence-corrected chi connectivity index (χ2v) is 9.44. The van der Waals surface area contributed by atoms with E-state index in [0.717, 1.165) is 38.5 Å². The molecule has 0 saturated carbocycles. The smallest absolute Gasteiger partial charge is 0.347 e. The highest BCUT2D eigenvalue weighted by molar-refractivity contribution is 6.06. The molecule has 0 atom stereocenters. The quantitative estimate of drug-likeness (QED) is 0.499. The van der Waals surface area contributed by atoms with E-state index in [1.54, 1.807) is 24.3 Å². The Hall–Kier alpha value is -4.14. The molecule has 2 aliphatic rings. The van der Waals surface area contributed by atoms with Gasteiger partial charge in [0.1, 0.15) is 0 Å². The van der Waals surface area contributed by atoms with Crippen LogP contribution in [0.3, 0.4) is 0 Å². The van der Waals surface area contributed by atoms with Crippen LogP contribution in [0.4, 0.5) is 0 Å². The van der Waals surface area contributed by atoms with E-state index in [1.807, 2.05) is 0 Å². The van der Waals surface area contributed by atoms with Crippen molar-refractivity contribution in [1.29, 1.82) is 0 Å². The summed E-state index contributed by atoms with van der Waals surface area (Å²) in [5.41, 5.74) is 0.763. The molecule has 2 aromatic carbocycles. The molecule has 0 N–H and O–H groups in total. The number of hydrogen-bond acceptors (Lipinski definition) is 7. The van der Waals surface area contributed by atoms with Crippen LogP contribution in [0.25, 0.3) is 22.4 Å². The Bertz CT molecular complexity index is 1440. The Kier molecular flexibility index (Phi) is 6.94. The average Bonchev–Trinajstić information content (AvgIpc) is 3.26. The minimum Gasteiger partial charge on any atom is -0.403 e. The number of nitrogens with zero attached hydrogens (tertiary/aromatic N) is 3. The van der Waals surface area contributed by atoms with Crippen molar-refractivity contribution in [2.24, 2.45) is 0 Å². The lowest BCUT2D eigenvalue weighted by Gasteiger charge is -2.18. The van der Waals surface area contributed by atoms with Gasteiger partial charge < -0.3 is 4.42 Å². The normalized spacial score (nSPS) is 17.0. The number of amides is 4. The standard InChI is InChI=1S/C28H27N3O6/c32-23-7-3-1-5-15-30(23)26(34)19-11-9-18(10-12-19)25-29-22-17-20(13-14-21(22)28(36)37-25)27(35)31-16-6-2-4-8-24(31)33/h9-14,17H,1-8,15-16H2. The molecule has 2 aliphatic heterocycles. The lowest BCUT2D eigenvalue weighted by Crippen LogP contribution is -2.36. The van der Waals surface area contributed by atoms with Crippen LogP contribution < -0.4 is 5.63 Å². The van der Waals surface area contributed by atoms with Crippen molar-refractivity contribution in [2.45, 2.75) is 51.4 Å². The lowest BCUT2D eigenvalue weighted by molar-refractivity contribution is -0.129. The minimum atomic E-state index is -0.611. The maximum absolute atomic E-state index is 13.0. The van der Waals surface area contributed by atoms with Crippen molar-refractivity contribution < 1.29 is 23.6 Å². The van der Waals surface area contributed by atoms with Crippen molar-refractivity contribution in [3.8, 4) is 11.5 Å². The van der Waals surface area contributed by atoms with Crippen molar-refractivity contribution in [1.82, 2.24) is 14.8 Å². The first-order valence-electron chi connectivity index (χ1n) is 12.7. The third-order valence-corrected chi connectivity index (χ3v) is 6.89. The summed E-state index contributed by atoms with van der Waals surface area (Å²) in [5, 5.41) is 0.217. The Labute approximate surface area is 213 Å². The first-order valence-corrected chi connectivity index (χ1v) is 12.7. The molecule has 2 saturated heterocycles. The Morgan fingerprint density at radius 3 is 1.89 bits per heavy atom. The van der Waals surface area contributed by atoms with E-state index in [1.165, 1.54) is 28.0 Å². The number of carbonyl (C=O) groups is 4. The van der Waals surface area contributed by atoms with Crippen molar-refractivity contribution >= 4 is 34.5 Å². The van der Waals surface area contributed by atoms with E-state index in [9.17, 15) is 24.0 Å². The molecule has 9 heteroatoms. The van der Waals surface area contributed by atoms with Gasteiger partial charge in [-0.2, -0.15) is 0 Å². The highest BCUT2D eigenvalue weighted by Crippen LogP contribution is 2.23. The highest BCUT2D eigenvalue weighted by atomic mass is 16.4. The van der Waals surface area contributed by atoms with Crippen LogP contribution in [0.2, 0.25) is 0 Å². The Morgan fingerprint density at radius 2 is 1.27 bits per heavy atom. The maximum atomic E-state index is 13.0. The molecular weight excluding hydrogens is 474 g/mol. The third kappa shape index (κ3) is 5.07. The summed E-state index contributed by atoms with van der Waals surface area (Å²) in [6, 6.07) is 10.9. The van der Waals surface area contributed by atoms with Gasteiger partial charge in [-0.25, -0.2) is 9.78 Å². The van der Waals surface area contributed by atoms with Gasteiger partial charge in [0.15, 0.2) is 0 Å². The van der Waals surface area contributed by atoms with Gasteiger partial charge in [0.25, 0.3) is 11.8 Å². The summed E-state index contributed by atoms with van der Waals surface area (Å²) in [4.78, 5) is 70.2. The number of imide groups is 2. The number of rotatable bonds is 3. The third-order valence-electron chi connectivity index (χ3n) is 6.89. The molecule has 2 fully saturated rings. The fourth-order valence-corrected chi connectivity index (χ4v) is 4.79. The van der Waals surface area contributed by atoms with E-state index >= 15 is 0 Å². The monoisotopic (exact) mass is 501 g/mol. The number of carbonyl (C=O) groups excluding carboxylic acids is 4. The van der Waals surface area contributed by atoms with Crippen molar-refractivity contribution in [3.63, 3.8) is 0 Å². The highest BCUT2D eigenvalue weighted by Gasteiger charge is 2.26. The van der Waals surface area contributed by atoms with E-state index in [4.69, 9.17) is 4.42 Å². The summed E-state index contributed by atoms with van der Waals surface area (Å²) in [7, 11) is 0. The van der Waals surface area contributed by atoms with E-state index in [2.05, 4.69) is 4.98 Å². The Balaban J connectivity index is 1.42. The number of likely N-dealkylation sites (tertiary alicyclic amines) is 2. The number of fused-ring (bicyclic) bond motifs is 1. The molecule has 1 aromatic heterocycles. The predicted molar refractivity (Wildman–Crippen MR) is 135 cm³/mol. The van der Waals surface area contributed by atoms with Crippen molar-refractivity contribution in [2.75, 3.05) is 13.1 Å². The summed E-state index contributed by atoms with van der Waals surface area (Å²) in [5.74, 6) is -1.08. The molecule has 190 valence electrons. The minimum absolute atomic E-state index is 0.0396. The molecule has 0 spiro atoms. The first kappa shape index (κ1) is 24.5. The molecule has 5 rings (SSSR count). The van der Waals surface area contributed by atoms with Gasteiger partial charge in [0.05, 0.1) is 10.9 Å². The van der Waals surface area contributed by atoms with Gasteiger partial charge in [-0.15, -0.1) is 0 Å². The van der Waals surface area contributed by atoms with Gasteiger partial charge in [-0.1, -0.05) is 12.8 Å². The molecule has 0 radical (unpaired) electrons. The fourth-order valence-electron chi connectivity index (χ4n) is 4.79. The summed E-state index contributed by atoms with van der Waals surface area (Å²) in [6.45, 7) is 0.782. The first-order chi connectivity index (χ1) is 17.9. The number of benzene rings is 2. The molecule has 3 aromatic rings. The van der Waals surface area contributed by atoms with Crippen LogP contribution in [0.15, 0.2) is 51.7 Å². The van der Waals surface area contributed by atoms with Crippen LogP contribution in [0.5, 0.6) is 0 Å². The lowest BCUT2D eigenvalue weighted by atomic mass is 10.1. The zero-order chi connectivity index (χ0) is 25.9. The van der Waals surface area contributed by atoms with Gasteiger partial charge in [0.2, 0.25) is 17.7 Å². The molecule has 0 aliphatic carbocycles. The zero-order valence-electron chi connectivity index (χ0n) is 20.4. The van der Waals surface area contributed by atoms with Gasteiger partial charge >= 0.3 is 5.63 Å². The SMILES string of the molecule is O=C1CCCCCN1C(=O)c1ccc(-c2nc3cc(C(=O)N4CCCCCC4=O)ccc3c(=O)o2)cc1. The number of aromatic nitrogens is 1. The average molecular weight is 502 g/mol. The molecule has 9 nitrogen and oxygen atoms in total. The van der Waals surface area contributed by atoms with Crippen LogP contribution in [0.1, 0.15) is 72.1 Å². The maximum Gasteiger partial charge on any atom is 0.347 e. The molecule has 37 heavy (non-hydrogen) atoms. The topological polar surface area (TPSA) is 118 Å². The van der Waals surface area contributed by atoms with E-state index < -0.39 is 11.5 Å². The van der Waals surface area contributed by atoms with Crippen LogP contribution in [0, 0.1) is 0 Å². The summed E-state index contributed by atoms with van der Waals surface area (Å²) in [6.07, 6.45) is 5.64. The molecule has 0 bridgehead atoms. The van der Waals surface area contributed by atoms with Gasteiger partial charge in [-0.3, -0.25) is 29.0 Å². The van der Waals surface area contributed by atoms with Crippen LogP contribution >= 0.6 is 0 Å². The largest absolute Gasteiger partial charge is 0.403 e. The predicted octanol–water partition coefficient (Wildman–Crippen LogP) is 3.94. The van der Waals surface area contributed by atoms with Gasteiger partial charge in [-0.05, 0) is 68.1 Å². The summed E-state index contributed by atoms with van der Waals surface area (Å²) >= 11 is 0. The molecular formula is C28H27N3O6. The second kappa shape index (κ2) is 10.5. The number of hydrogen-bond donors (Lipinski definition) is 0. The summed E-state index contributed by atoms with van der Waals surface area (Å²) < 4.78 is 5.41. The van der Waals surface area contributed by atoms with Crippen LogP contribution in [-0.4, -0.2) is 51.5 Å². The second-order valence-electron chi connectivity index (χ2n) is 9.44. The van der Waals surface area contributed by atoms with Crippen molar-refractivity contribution in [3.05, 3.63) is 64.0 Å². The molecule has 0 unspecified atom stereocenters. The zero-order valence-corrected chi connectivity index (χ0v) is 20.4. The van der Waals surface area contributed by atoms with Crippen LogP contribution in [-0.2, 0) is 9.59 Å². The fraction of sp³-hybridized carbons (Fsp3) is 0.357. The molecule has 3 heterocycles. The Morgan fingerprint density at radius 1 is 0.703 bits per heavy atom. The molecule has 4 amide bonds. The van der Waals surface area contributed by atoms with E-state index in [0.29, 0.717) is 37.1 Å². The van der Waals surface area contributed by atoms with E-state index in [-0.39, 0.29) is 40.1 Å².